The van der Waals surface area contributed by atoms with Crippen molar-refractivity contribution in [1.82, 2.24) is 9.88 Å². The van der Waals surface area contributed by atoms with Gasteiger partial charge in [0.05, 0.1) is 10.9 Å². The lowest BCUT2D eigenvalue weighted by atomic mass is 9.81. The molecule has 0 saturated carbocycles. The fourth-order valence-corrected chi connectivity index (χ4v) is 3.63. The minimum Gasteiger partial charge on any atom is -0.353 e. The van der Waals surface area contributed by atoms with Crippen LogP contribution in [0.5, 0.6) is 0 Å². The molecule has 1 aliphatic rings. The van der Waals surface area contributed by atoms with Gasteiger partial charge in [0.2, 0.25) is 5.91 Å². The van der Waals surface area contributed by atoms with Crippen LogP contribution in [0.4, 0.5) is 5.82 Å². The van der Waals surface area contributed by atoms with Gasteiger partial charge in [0.1, 0.15) is 5.82 Å². The van der Waals surface area contributed by atoms with Crippen LogP contribution in [0.3, 0.4) is 0 Å². The molecule has 25 heavy (non-hydrogen) atoms. The molecule has 5 nitrogen and oxygen atoms in total. The molecule has 1 amide bonds. The van der Waals surface area contributed by atoms with Crippen LogP contribution in [0.25, 0.3) is 10.9 Å². The maximum absolute atomic E-state index is 12.9. The zero-order chi connectivity index (χ0) is 17.9. The lowest BCUT2D eigenvalue weighted by Gasteiger charge is -2.40. The lowest BCUT2D eigenvalue weighted by Crippen LogP contribution is -2.55. The number of para-hydroxylation sites is 1. The highest BCUT2D eigenvalue weighted by Crippen LogP contribution is 2.29. The van der Waals surface area contributed by atoms with Crippen molar-refractivity contribution in [1.29, 1.82) is 0 Å². The minimum absolute atomic E-state index is 0.214. The highest BCUT2D eigenvalue weighted by molar-refractivity contribution is 5.83. The summed E-state index contributed by atoms with van der Waals surface area (Å²) >= 11 is 0. The van der Waals surface area contributed by atoms with Gasteiger partial charge in [-0.15, -0.1) is 0 Å². The molecule has 1 fully saturated rings. The predicted octanol–water partition coefficient (Wildman–Crippen LogP) is 2.65. The molecule has 0 aliphatic carbocycles. The predicted molar refractivity (Wildman–Crippen MR) is 103 cm³/mol. The molecule has 1 aliphatic heterocycles. The molecule has 0 atom stereocenters. The van der Waals surface area contributed by atoms with Gasteiger partial charge in [-0.2, -0.15) is 0 Å². The van der Waals surface area contributed by atoms with E-state index in [4.69, 9.17) is 10.7 Å². The van der Waals surface area contributed by atoms with Crippen molar-refractivity contribution in [2.24, 2.45) is 11.1 Å². The molecular formula is C20H28N4O. The minimum atomic E-state index is -0.399. The number of benzene rings is 1. The van der Waals surface area contributed by atoms with Gasteiger partial charge in [-0.25, -0.2) is 4.98 Å². The Morgan fingerprint density at radius 1 is 1.08 bits per heavy atom. The first-order chi connectivity index (χ1) is 12.1. The third-order valence-electron chi connectivity index (χ3n) is 5.67. The second-order valence-electron chi connectivity index (χ2n) is 6.83. The number of aromatic nitrogens is 1. The van der Waals surface area contributed by atoms with Crippen LogP contribution in [-0.2, 0) is 4.79 Å². The Morgan fingerprint density at radius 2 is 1.76 bits per heavy atom. The van der Waals surface area contributed by atoms with E-state index in [0.717, 1.165) is 55.7 Å². The smallest absolute Gasteiger partial charge is 0.230 e. The average molecular weight is 340 g/mol. The zero-order valence-electron chi connectivity index (χ0n) is 15.2. The summed E-state index contributed by atoms with van der Waals surface area (Å²) in [5, 5.41) is 1.15. The number of hydrogen-bond acceptors (Lipinski definition) is 4. The first-order valence-electron chi connectivity index (χ1n) is 9.23. The Bertz CT molecular complexity index is 725. The monoisotopic (exact) mass is 340 g/mol. The van der Waals surface area contributed by atoms with Crippen LogP contribution in [0, 0.1) is 5.41 Å². The van der Waals surface area contributed by atoms with E-state index in [-0.39, 0.29) is 5.91 Å². The van der Waals surface area contributed by atoms with E-state index >= 15 is 0 Å². The molecule has 1 aromatic carbocycles. The summed E-state index contributed by atoms with van der Waals surface area (Å²) in [5.41, 5.74) is 6.55. The molecule has 0 unspecified atom stereocenters. The molecule has 2 aromatic rings. The van der Waals surface area contributed by atoms with Crippen molar-refractivity contribution in [2.45, 2.75) is 26.7 Å². The summed E-state index contributed by atoms with van der Waals surface area (Å²) in [4.78, 5) is 22.0. The van der Waals surface area contributed by atoms with Crippen LogP contribution in [0.2, 0.25) is 0 Å². The summed E-state index contributed by atoms with van der Waals surface area (Å²) in [7, 11) is 0. The number of pyridine rings is 1. The number of nitrogens with zero attached hydrogens (tertiary/aromatic N) is 3. The molecule has 134 valence electrons. The van der Waals surface area contributed by atoms with E-state index < -0.39 is 5.41 Å². The summed E-state index contributed by atoms with van der Waals surface area (Å²) in [6, 6.07) is 12.3. The Labute approximate surface area is 149 Å². The molecule has 0 radical (unpaired) electrons. The fraction of sp³-hybridized carbons (Fsp3) is 0.500. The number of carbonyl (C=O) groups is 1. The van der Waals surface area contributed by atoms with Crippen molar-refractivity contribution in [3.8, 4) is 0 Å². The number of carbonyl (C=O) groups excluding carboxylic acids is 1. The highest BCUT2D eigenvalue weighted by atomic mass is 16.2. The van der Waals surface area contributed by atoms with Gasteiger partial charge < -0.3 is 15.5 Å². The van der Waals surface area contributed by atoms with Gasteiger partial charge >= 0.3 is 0 Å². The third kappa shape index (κ3) is 3.33. The lowest BCUT2D eigenvalue weighted by molar-refractivity contribution is -0.142. The maximum Gasteiger partial charge on any atom is 0.230 e. The summed E-state index contributed by atoms with van der Waals surface area (Å²) in [5.74, 6) is 1.20. The molecule has 5 heteroatoms. The topological polar surface area (TPSA) is 62.5 Å². The molecule has 1 saturated heterocycles. The van der Waals surface area contributed by atoms with Crippen LogP contribution in [0.1, 0.15) is 26.7 Å². The first kappa shape index (κ1) is 17.7. The molecule has 0 bridgehead atoms. The van der Waals surface area contributed by atoms with Crippen LogP contribution < -0.4 is 10.6 Å². The second kappa shape index (κ2) is 7.40. The number of rotatable bonds is 5. The largest absolute Gasteiger partial charge is 0.353 e. The van der Waals surface area contributed by atoms with E-state index in [1.807, 2.05) is 23.1 Å². The maximum atomic E-state index is 12.9. The van der Waals surface area contributed by atoms with Crippen LogP contribution >= 0.6 is 0 Å². The van der Waals surface area contributed by atoms with Crippen molar-refractivity contribution < 1.29 is 4.79 Å². The van der Waals surface area contributed by atoms with E-state index in [1.165, 1.54) is 0 Å². The van der Waals surface area contributed by atoms with E-state index in [9.17, 15) is 4.79 Å². The summed E-state index contributed by atoms with van der Waals surface area (Å²) < 4.78 is 0. The van der Waals surface area contributed by atoms with Crippen molar-refractivity contribution in [3.05, 3.63) is 36.4 Å². The van der Waals surface area contributed by atoms with Crippen LogP contribution in [-0.4, -0.2) is 48.5 Å². The molecule has 0 spiro atoms. The standard InChI is InChI=1S/C20H28N4O/c1-3-20(4-2,15-21)19(25)24-13-11-23(12-14-24)18-10-9-16-7-5-6-8-17(16)22-18/h5-10H,3-4,11-15,21H2,1-2H3. The number of amides is 1. The first-order valence-corrected chi connectivity index (χ1v) is 9.23. The second-order valence-corrected chi connectivity index (χ2v) is 6.83. The van der Waals surface area contributed by atoms with Crippen molar-refractivity contribution >= 4 is 22.6 Å². The summed E-state index contributed by atoms with van der Waals surface area (Å²) in [6.07, 6.45) is 1.59. The number of piperazine rings is 1. The van der Waals surface area contributed by atoms with Gasteiger partial charge in [-0.05, 0) is 31.0 Å². The van der Waals surface area contributed by atoms with E-state index in [0.29, 0.717) is 6.54 Å². The quantitative estimate of drug-likeness (QED) is 0.909. The van der Waals surface area contributed by atoms with Crippen molar-refractivity contribution in [3.63, 3.8) is 0 Å². The van der Waals surface area contributed by atoms with Gasteiger partial charge in [-0.1, -0.05) is 32.0 Å². The molecule has 2 heterocycles. The van der Waals surface area contributed by atoms with Crippen molar-refractivity contribution in [2.75, 3.05) is 37.6 Å². The average Bonchev–Trinajstić information content (AvgIpc) is 2.69. The van der Waals surface area contributed by atoms with Gasteiger partial charge in [0, 0.05) is 38.1 Å². The van der Waals surface area contributed by atoms with Crippen LogP contribution in [0.15, 0.2) is 36.4 Å². The Kier molecular flexibility index (Phi) is 5.23. The molecular weight excluding hydrogens is 312 g/mol. The Hall–Kier alpha value is -2.14. The highest BCUT2D eigenvalue weighted by Gasteiger charge is 2.37. The fourth-order valence-electron chi connectivity index (χ4n) is 3.63. The number of fused-ring (bicyclic) bond motifs is 1. The summed E-state index contributed by atoms with van der Waals surface area (Å²) in [6.45, 7) is 7.62. The molecule has 2 N–H and O–H groups in total. The Morgan fingerprint density at radius 3 is 2.40 bits per heavy atom. The number of nitrogens with two attached hydrogens (primary N) is 1. The number of anilines is 1. The SMILES string of the molecule is CCC(CC)(CN)C(=O)N1CCN(c2ccc3ccccc3n2)CC1. The molecule has 1 aromatic heterocycles. The van der Waals surface area contributed by atoms with E-state index in [1.54, 1.807) is 0 Å². The zero-order valence-corrected chi connectivity index (χ0v) is 15.2. The normalized spacial score (nSPS) is 15.6. The molecule has 3 rings (SSSR count). The van der Waals surface area contributed by atoms with E-state index in [2.05, 4.69) is 36.9 Å². The van der Waals surface area contributed by atoms with Gasteiger partial charge in [-0.3, -0.25) is 4.79 Å². The number of hydrogen-bond donors (Lipinski definition) is 1. The van der Waals surface area contributed by atoms with Gasteiger partial charge in [0.15, 0.2) is 0 Å². The third-order valence-corrected chi connectivity index (χ3v) is 5.67. The van der Waals surface area contributed by atoms with Gasteiger partial charge in [0.25, 0.3) is 0 Å². The Balaban J connectivity index is 1.69.